The fraction of sp³-hybridized carbons (Fsp3) is 0.846. The van der Waals surface area contributed by atoms with Crippen molar-refractivity contribution in [2.24, 2.45) is 11.8 Å². The lowest BCUT2D eigenvalue weighted by atomic mass is 9.98. The monoisotopic (exact) mass is 256 g/mol. The van der Waals surface area contributed by atoms with Gasteiger partial charge in [-0.25, -0.2) is 4.79 Å². The molecule has 1 fully saturated rings. The van der Waals surface area contributed by atoms with Gasteiger partial charge >= 0.3 is 12.0 Å². The van der Waals surface area contributed by atoms with Gasteiger partial charge in [-0.1, -0.05) is 20.3 Å². The summed E-state index contributed by atoms with van der Waals surface area (Å²) in [7, 11) is 1.79. The predicted molar refractivity (Wildman–Crippen MR) is 69.4 cm³/mol. The van der Waals surface area contributed by atoms with E-state index in [2.05, 4.69) is 13.8 Å². The minimum absolute atomic E-state index is 0.0405. The molecule has 0 aromatic heterocycles. The number of urea groups is 1. The second-order valence-corrected chi connectivity index (χ2v) is 5.30. The number of nitrogens with zero attached hydrogens (tertiary/aromatic N) is 2. The van der Waals surface area contributed by atoms with Crippen molar-refractivity contribution in [3.63, 3.8) is 0 Å². The lowest BCUT2D eigenvalue weighted by molar-refractivity contribution is -0.143. The Kier molecular flexibility index (Phi) is 5.44. The Bertz CT molecular complexity index is 307. The molecule has 1 heterocycles. The highest BCUT2D eigenvalue weighted by Gasteiger charge is 2.29. The average molecular weight is 256 g/mol. The van der Waals surface area contributed by atoms with Gasteiger partial charge in [0.05, 0.1) is 5.92 Å². The van der Waals surface area contributed by atoms with Crippen LogP contribution in [-0.4, -0.2) is 53.6 Å². The summed E-state index contributed by atoms with van der Waals surface area (Å²) in [6.07, 6.45) is 2.49. The summed E-state index contributed by atoms with van der Waals surface area (Å²) in [6, 6.07) is -0.0405. The van der Waals surface area contributed by atoms with Gasteiger partial charge in [-0.05, 0) is 18.8 Å². The van der Waals surface area contributed by atoms with Crippen LogP contribution in [0, 0.1) is 11.8 Å². The number of carboxylic acids is 1. The van der Waals surface area contributed by atoms with Crippen LogP contribution < -0.4 is 0 Å². The number of piperidine rings is 1. The van der Waals surface area contributed by atoms with Crippen LogP contribution in [0.25, 0.3) is 0 Å². The summed E-state index contributed by atoms with van der Waals surface area (Å²) in [5.74, 6) is -0.726. The van der Waals surface area contributed by atoms with Gasteiger partial charge in [-0.15, -0.1) is 0 Å². The highest BCUT2D eigenvalue weighted by Crippen LogP contribution is 2.18. The number of carbonyl (C=O) groups excluding carboxylic acids is 1. The van der Waals surface area contributed by atoms with Gasteiger partial charge in [0.2, 0.25) is 0 Å². The van der Waals surface area contributed by atoms with E-state index in [0.29, 0.717) is 25.4 Å². The predicted octanol–water partition coefficient (Wildman–Crippen LogP) is 1.88. The van der Waals surface area contributed by atoms with Crippen LogP contribution in [0.2, 0.25) is 0 Å². The third-order valence-electron chi connectivity index (χ3n) is 3.65. The molecule has 0 radical (unpaired) electrons. The minimum Gasteiger partial charge on any atom is -0.481 e. The number of likely N-dealkylation sites (tertiary alicyclic amines) is 1. The highest BCUT2D eigenvalue weighted by molar-refractivity contribution is 5.76. The molecule has 2 amide bonds. The molecule has 0 aromatic rings. The molecule has 18 heavy (non-hydrogen) atoms. The lowest BCUT2D eigenvalue weighted by Crippen LogP contribution is -2.48. The van der Waals surface area contributed by atoms with Gasteiger partial charge in [0.15, 0.2) is 0 Å². The molecule has 0 aromatic carbocycles. The van der Waals surface area contributed by atoms with E-state index < -0.39 is 11.9 Å². The Morgan fingerprint density at radius 3 is 2.72 bits per heavy atom. The number of hydrogen-bond donors (Lipinski definition) is 1. The molecular formula is C13H24N2O3. The molecule has 1 rings (SSSR count). The summed E-state index contributed by atoms with van der Waals surface area (Å²) in [5.41, 5.74) is 0. The van der Waals surface area contributed by atoms with Crippen LogP contribution >= 0.6 is 0 Å². The maximum atomic E-state index is 12.2. The first-order chi connectivity index (χ1) is 8.45. The maximum Gasteiger partial charge on any atom is 0.319 e. The van der Waals surface area contributed by atoms with Crippen molar-refractivity contribution in [1.29, 1.82) is 0 Å². The fourth-order valence-corrected chi connectivity index (χ4v) is 2.27. The van der Waals surface area contributed by atoms with Crippen LogP contribution in [-0.2, 0) is 4.79 Å². The minimum atomic E-state index is -0.794. The fourth-order valence-electron chi connectivity index (χ4n) is 2.27. The van der Waals surface area contributed by atoms with Gasteiger partial charge in [0, 0.05) is 26.7 Å². The number of amides is 2. The summed E-state index contributed by atoms with van der Waals surface area (Å²) in [5, 5.41) is 9.01. The Balaban J connectivity index is 2.52. The average Bonchev–Trinajstić information content (AvgIpc) is 2.37. The van der Waals surface area contributed by atoms with Crippen LogP contribution in [0.3, 0.4) is 0 Å². The van der Waals surface area contributed by atoms with Crippen LogP contribution in [0.4, 0.5) is 4.79 Å². The molecule has 1 N–H and O–H groups in total. The lowest BCUT2D eigenvalue weighted by Gasteiger charge is -2.34. The Morgan fingerprint density at radius 2 is 2.17 bits per heavy atom. The summed E-state index contributed by atoms with van der Waals surface area (Å²) in [4.78, 5) is 26.5. The van der Waals surface area contributed by atoms with E-state index in [1.807, 2.05) is 0 Å². The van der Waals surface area contributed by atoms with Gasteiger partial charge < -0.3 is 14.9 Å². The second-order valence-electron chi connectivity index (χ2n) is 5.30. The van der Waals surface area contributed by atoms with E-state index >= 15 is 0 Å². The van der Waals surface area contributed by atoms with Crippen molar-refractivity contribution in [3.8, 4) is 0 Å². The van der Waals surface area contributed by atoms with E-state index in [1.54, 1.807) is 16.8 Å². The zero-order valence-electron chi connectivity index (χ0n) is 11.6. The summed E-state index contributed by atoms with van der Waals surface area (Å²) in [6.45, 7) is 5.96. The normalized spacial score (nSPS) is 21.5. The summed E-state index contributed by atoms with van der Waals surface area (Å²) >= 11 is 0. The van der Waals surface area contributed by atoms with Crippen molar-refractivity contribution in [2.45, 2.75) is 33.1 Å². The molecule has 5 heteroatoms. The Hall–Kier alpha value is -1.26. The standard InChI is InChI=1S/C13H24N2O3/c1-4-10(2)8-14(3)13(18)15-7-5-6-11(9-15)12(16)17/h10-11H,4-9H2,1-3H3,(H,16,17)/t10?,11-/m0/s1. The molecule has 0 bridgehead atoms. The van der Waals surface area contributed by atoms with E-state index in [0.717, 1.165) is 19.4 Å². The molecule has 1 saturated heterocycles. The molecular weight excluding hydrogens is 232 g/mol. The summed E-state index contributed by atoms with van der Waals surface area (Å²) < 4.78 is 0. The van der Waals surface area contributed by atoms with E-state index in [4.69, 9.17) is 5.11 Å². The van der Waals surface area contributed by atoms with Crippen molar-refractivity contribution >= 4 is 12.0 Å². The van der Waals surface area contributed by atoms with Gasteiger partial charge in [0.25, 0.3) is 0 Å². The third kappa shape index (κ3) is 3.89. The second kappa shape index (κ2) is 6.61. The van der Waals surface area contributed by atoms with Crippen molar-refractivity contribution < 1.29 is 14.7 Å². The number of aliphatic carboxylic acids is 1. The number of rotatable bonds is 4. The molecule has 1 unspecified atom stereocenters. The zero-order valence-corrected chi connectivity index (χ0v) is 11.6. The van der Waals surface area contributed by atoms with Gasteiger partial charge in [-0.3, -0.25) is 4.79 Å². The van der Waals surface area contributed by atoms with E-state index in [9.17, 15) is 9.59 Å². The molecule has 104 valence electrons. The highest BCUT2D eigenvalue weighted by atomic mass is 16.4. The Morgan fingerprint density at radius 1 is 1.50 bits per heavy atom. The van der Waals surface area contributed by atoms with Crippen molar-refractivity contribution in [2.75, 3.05) is 26.7 Å². The largest absolute Gasteiger partial charge is 0.481 e. The molecule has 1 aliphatic rings. The smallest absolute Gasteiger partial charge is 0.319 e. The van der Waals surface area contributed by atoms with E-state index in [-0.39, 0.29) is 6.03 Å². The van der Waals surface area contributed by atoms with Crippen LogP contribution in [0.15, 0.2) is 0 Å². The third-order valence-corrected chi connectivity index (χ3v) is 3.65. The van der Waals surface area contributed by atoms with Crippen molar-refractivity contribution in [3.05, 3.63) is 0 Å². The number of carbonyl (C=O) groups is 2. The zero-order chi connectivity index (χ0) is 13.7. The molecule has 0 saturated carbocycles. The molecule has 0 spiro atoms. The molecule has 2 atom stereocenters. The first-order valence-corrected chi connectivity index (χ1v) is 6.68. The number of hydrogen-bond acceptors (Lipinski definition) is 2. The first-order valence-electron chi connectivity index (χ1n) is 6.68. The topological polar surface area (TPSA) is 60.9 Å². The molecule has 0 aliphatic carbocycles. The van der Waals surface area contributed by atoms with Crippen LogP contribution in [0.5, 0.6) is 0 Å². The van der Waals surface area contributed by atoms with Crippen molar-refractivity contribution in [1.82, 2.24) is 9.80 Å². The van der Waals surface area contributed by atoms with Gasteiger partial charge in [-0.2, -0.15) is 0 Å². The maximum absolute atomic E-state index is 12.2. The molecule has 5 nitrogen and oxygen atoms in total. The Labute approximate surface area is 109 Å². The van der Waals surface area contributed by atoms with Crippen LogP contribution in [0.1, 0.15) is 33.1 Å². The molecule has 1 aliphatic heterocycles. The first kappa shape index (κ1) is 14.8. The number of carboxylic acid groups (broad SMARTS) is 1. The van der Waals surface area contributed by atoms with E-state index in [1.165, 1.54) is 0 Å². The quantitative estimate of drug-likeness (QED) is 0.835. The SMILES string of the molecule is CCC(C)CN(C)C(=O)N1CCC[C@H](C(=O)O)C1. The van der Waals surface area contributed by atoms with Gasteiger partial charge in [0.1, 0.15) is 0 Å².